The molecule has 4 rings (SSSR count). The second-order valence-corrected chi connectivity index (χ2v) is 9.18. The second-order valence-electron chi connectivity index (χ2n) is 8.20. The van der Waals surface area contributed by atoms with Gasteiger partial charge in [-0.1, -0.05) is 36.1 Å². The predicted molar refractivity (Wildman–Crippen MR) is 143 cm³/mol. The van der Waals surface area contributed by atoms with Crippen LogP contribution >= 0.6 is 11.3 Å². The topological polar surface area (TPSA) is 115 Å². The minimum absolute atomic E-state index is 0.105. The Morgan fingerprint density at radius 1 is 1.11 bits per heavy atom. The fourth-order valence-electron chi connectivity index (χ4n) is 4.05. The number of hydrogen-bond acceptors (Lipinski definition) is 9. The molecule has 1 saturated heterocycles. The molecule has 2 heterocycles. The number of aryl methyl sites for hydroxylation is 1. The van der Waals surface area contributed by atoms with E-state index in [0.717, 1.165) is 11.3 Å². The van der Waals surface area contributed by atoms with Crippen LogP contribution in [-0.2, 0) is 14.3 Å². The summed E-state index contributed by atoms with van der Waals surface area (Å²) in [5, 5.41) is 11.4. The fraction of sp³-hybridized carbons (Fsp3) is 0.214. The number of esters is 1. The number of hydrogen-bond donors (Lipinski definition) is 1. The number of thiazole rings is 1. The van der Waals surface area contributed by atoms with Crippen LogP contribution in [0.25, 0.3) is 5.76 Å². The number of ketones is 1. The Morgan fingerprint density at radius 3 is 2.34 bits per heavy atom. The molecule has 0 aliphatic carbocycles. The van der Waals surface area contributed by atoms with Gasteiger partial charge in [0.2, 0.25) is 0 Å². The number of amides is 1. The van der Waals surface area contributed by atoms with Crippen LogP contribution in [0.2, 0.25) is 0 Å². The lowest BCUT2D eigenvalue weighted by atomic mass is 9.95. The highest BCUT2D eigenvalue weighted by atomic mass is 32.1. The van der Waals surface area contributed by atoms with Crippen molar-refractivity contribution in [3.63, 3.8) is 0 Å². The average molecular weight is 535 g/mol. The lowest BCUT2D eigenvalue weighted by Crippen LogP contribution is -2.29. The van der Waals surface area contributed by atoms with Crippen molar-refractivity contribution >= 4 is 39.9 Å². The number of anilines is 1. The first-order valence-electron chi connectivity index (χ1n) is 11.7. The molecular weight excluding hydrogens is 508 g/mol. The third kappa shape index (κ3) is 5.03. The Labute approximate surface area is 223 Å². The molecule has 1 aromatic heterocycles. The quantitative estimate of drug-likeness (QED) is 0.137. The standard InChI is InChI=1S/C28H26N2O7S/c1-5-15-37-20-13-9-18(10-14-20)23(31)21-22(17-7-11-19(12-8-17)36-6-2)30(26(33)24(21)32)28-29-16(3)25(38-28)27(34)35-4/h5,7-14,22,31H,1,6,15H2,2-4H3/b23-21+. The van der Waals surface area contributed by atoms with Crippen LogP contribution in [0.15, 0.2) is 66.8 Å². The SMILES string of the molecule is C=CCOc1ccc(/C(O)=C2\C(=O)C(=O)N(c3nc(C)c(C(=O)OC)s3)C2c2ccc(OCC)cc2)cc1. The van der Waals surface area contributed by atoms with Gasteiger partial charge < -0.3 is 19.3 Å². The Balaban J connectivity index is 1.85. The fourth-order valence-corrected chi connectivity index (χ4v) is 5.06. The summed E-state index contributed by atoms with van der Waals surface area (Å²) in [7, 11) is 1.25. The van der Waals surface area contributed by atoms with Gasteiger partial charge in [-0.3, -0.25) is 14.5 Å². The van der Waals surface area contributed by atoms with E-state index in [1.54, 1.807) is 61.5 Å². The second kappa shape index (κ2) is 11.3. The molecule has 38 heavy (non-hydrogen) atoms. The van der Waals surface area contributed by atoms with E-state index in [0.29, 0.717) is 41.5 Å². The lowest BCUT2D eigenvalue weighted by Gasteiger charge is -2.23. The van der Waals surface area contributed by atoms with Crippen LogP contribution in [-0.4, -0.2) is 48.1 Å². The zero-order valence-corrected chi connectivity index (χ0v) is 21.9. The summed E-state index contributed by atoms with van der Waals surface area (Å²) < 4.78 is 15.8. The Bertz CT molecular complexity index is 1410. The molecule has 1 aliphatic heterocycles. The van der Waals surface area contributed by atoms with Gasteiger partial charge >= 0.3 is 11.9 Å². The molecule has 9 nitrogen and oxygen atoms in total. The Kier molecular flexibility index (Phi) is 7.92. The number of carbonyl (C=O) groups excluding carboxylic acids is 3. The average Bonchev–Trinajstić information content (AvgIpc) is 3.44. The van der Waals surface area contributed by atoms with E-state index in [1.165, 1.54) is 12.0 Å². The minimum atomic E-state index is -1.00. The van der Waals surface area contributed by atoms with Crippen molar-refractivity contribution in [3.05, 3.63) is 88.5 Å². The Morgan fingerprint density at radius 2 is 1.74 bits per heavy atom. The molecule has 196 valence electrons. The number of ether oxygens (including phenoxy) is 3. The molecule has 1 fully saturated rings. The van der Waals surface area contributed by atoms with Crippen molar-refractivity contribution in [1.82, 2.24) is 4.98 Å². The lowest BCUT2D eigenvalue weighted by molar-refractivity contribution is -0.132. The van der Waals surface area contributed by atoms with E-state index in [4.69, 9.17) is 14.2 Å². The van der Waals surface area contributed by atoms with Crippen molar-refractivity contribution in [2.24, 2.45) is 0 Å². The van der Waals surface area contributed by atoms with E-state index in [-0.39, 0.29) is 21.3 Å². The number of methoxy groups -OCH3 is 1. The number of aromatic nitrogens is 1. The monoisotopic (exact) mass is 534 g/mol. The number of benzene rings is 2. The zero-order chi connectivity index (χ0) is 27.4. The first kappa shape index (κ1) is 26.6. The van der Waals surface area contributed by atoms with Gasteiger partial charge in [0.25, 0.3) is 5.78 Å². The van der Waals surface area contributed by atoms with Gasteiger partial charge in [-0.2, -0.15) is 0 Å². The molecule has 3 aromatic rings. The normalized spacial score (nSPS) is 16.4. The summed E-state index contributed by atoms with van der Waals surface area (Å²) in [6, 6.07) is 12.4. The summed E-state index contributed by atoms with van der Waals surface area (Å²) in [6.45, 7) is 7.87. The van der Waals surface area contributed by atoms with E-state index in [2.05, 4.69) is 11.6 Å². The molecule has 1 unspecified atom stereocenters. The molecule has 0 spiro atoms. The Hall–Kier alpha value is -4.44. The maximum absolute atomic E-state index is 13.4. The third-order valence-corrected chi connectivity index (χ3v) is 6.95. The largest absolute Gasteiger partial charge is 0.507 e. The molecule has 1 amide bonds. The summed E-state index contributed by atoms with van der Waals surface area (Å²) in [4.78, 5) is 44.7. The third-order valence-electron chi connectivity index (χ3n) is 5.81. The molecule has 1 N–H and O–H groups in total. The summed E-state index contributed by atoms with van der Waals surface area (Å²) in [5.41, 5.74) is 1.13. The van der Waals surface area contributed by atoms with Crippen LogP contribution < -0.4 is 14.4 Å². The highest BCUT2D eigenvalue weighted by Crippen LogP contribution is 2.44. The maximum Gasteiger partial charge on any atom is 0.350 e. The molecule has 0 bridgehead atoms. The van der Waals surface area contributed by atoms with Gasteiger partial charge in [-0.15, -0.1) is 0 Å². The highest BCUT2D eigenvalue weighted by Gasteiger charge is 2.48. The maximum atomic E-state index is 13.4. The van der Waals surface area contributed by atoms with Crippen LogP contribution in [0.1, 0.15) is 39.5 Å². The van der Waals surface area contributed by atoms with Gasteiger partial charge in [0.1, 0.15) is 28.7 Å². The van der Waals surface area contributed by atoms with E-state index >= 15 is 0 Å². The van der Waals surface area contributed by atoms with E-state index in [1.807, 2.05) is 6.92 Å². The number of Topliss-reactive ketones (excluding diaryl/α,β-unsaturated/α-hetero) is 1. The van der Waals surface area contributed by atoms with Crippen LogP contribution in [0.4, 0.5) is 5.13 Å². The minimum Gasteiger partial charge on any atom is -0.507 e. The molecular formula is C28H26N2O7S. The van der Waals surface area contributed by atoms with Gasteiger partial charge in [0, 0.05) is 5.56 Å². The smallest absolute Gasteiger partial charge is 0.350 e. The van der Waals surface area contributed by atoms with Crippen LogP contribution in [0, 0.1) is 6.92 Å². The first-order chi connectivity index (χ1) is 18.3. The van der Waals surface area contributed by atoms with Crippen LogP contribution in [0.5, 0.6) is 11.5 Å². The predicted octanol–water partition coefficient (Wildman–Crippen LogP) is 4.83. The zero-order valence-electron chi connectivity index (χ0n) is 21.1. The van der Waals surface area contributed by atoms with Gasteiger partial charge in [-0.25, -0.2) is 9.78 Å². The van der Waals surface area contributed by atoms with E-state index in [9.17, 15) is 19.5 Å². The number of aliphatic hydroxyl groups is 1. The van der Waals surface area contributed by atoms with Crippen molar-refractivity contribution in [3.8, 4) is 11.5 Å². The molecule has 0 radical (unpaired) electrons. The van der Waals surface area contributed by atoms with Gasteiger partial charge in [0.15, 0.2) is 5.13 Å². The van der Waals surface area contributed by atoms with Crippen molar-refractivity contribution in [1.29, 1.82) is 0 Å². The number of rotatable bonds is 9. The summed E-state index contributed by atoms with van der Waals surface area (Å²) >= 11 is 0.938. The molecule has 1 atom stereocenters. The molecule has 0 saturated carbocycles. The summed E-state index contributed by atoms with van der Waals surface area (Å²) in [5.74, 6) is -1.52. The number of carbonyl (C=O) groups is 3. The molecule has 2 aromatic carbocycles. The van der Waals surface area contributed by atoms with Gasteiger partial charge in [0.05, 0.1) is 31.0 Å². The first-order valence-corrected chi connectivity index (χ1v) is 12.6. The molecule has 10 heteroatoms. The number of aliphatic hydroxyl groups excluding tert-OH is 1. The van der Waals surface area contributed by atoms with Gasteiger partial charge in [-0.05, 0) is 55.8 Å². The highest BCUT2D eigenvalue weighted by molar-refractivity contribution is 7.17. The summed E-state index contributed by atoms with van der Waals surface area (Å²) in [6.07, 6.45) is 1.61. The van der Waals surface area contributed by atoms with Crippen molar-refractivity contribution in [2.75, 3.05) is 25.2 Å². The van der Waals surface area contributed by atoms with E-state index < -0.39 is 23.7 Å². The van der Waals surface area contributed by atoms with Crippen LogP contribution in [0.3, 0.4) is 0 Å². The molecule has 1 aliphatic rings. The number of nitrogens with zero attached hydrogens (tertiary/aromatic N) is 2. The van der Waals surface area contributed by atoms with Crippen molar-refractivity contribution < 1.29 is 33.7 Å². The van der Waals surface area contributed by atoms with Crippen molar-refractivity contribution in [2.45, 2.75) is 19.9 Å².